The number of nitrogens with zero attached hydrogens (tertiary/aromatic N) is 5. The first-order chi connectivity index (χ1) is 14.9. The van der Waals surface area contributed by atoms with Gasteiger partial charge in [-0.2, -0.15) is 5.10 Å². The van der Waals surface area contributed by atoms with Crippen molar-refractivity contribution in [2.45, 2.75) is 52.7 Å². The molecule has 164 valence electrons. The van der Waals surface area contributed by atoms with Gasteiger partial charge in [0.1, 0.15) is 17.9 Å². The predicted molar refractivity (Wildman–Crippen MR) is 115 cm³/mol. The van der Waals surface area contributed by atoms with E-state index >= 15 is 0 Å². The van der Waals surface area contributed by atoms with Gasteiger partial charge in [-0.05, 0) is 50.8 Å². The molecule has 0 bridgehead atoms. The summed E-state index contributed by atoms with van der Waals surface area (Å²) in [5, 5.41) is 4.42. The first-order valence-electron chi connectivity index (χ1n) is 10.6. The summed E-state index contributed by atoms with van der Waals surface area (Å²) in [7, 11) is 0. The Morgan fingerprint density at radius 2 is 1.71 bits per heavy atom. The smallest absolute Gasteiger partial charge is 0.332 e. The third-order valence-electron chi connectivity index (χ3n) is 5.83. The second-order valence-electron chi connectivity index (χ2n) is 7.93. The van der Waals surface area contributed by atoms with Crippen LogP contribution in [0.15, 0.2) is 33.9 Å². The number of aryl methyl sites for hydroxylation is 2. The monoisotopic (exact) mass is 427 g/mol. The highest BCUT2D eigenvalue weighted by Crippen LogP contribution is 2.15. The van der Waals surface area contributed by atoms with Crippen LogP contribution in [-0.4, -0.2) is 42.8 Å². The van der Waals surface area contributed by atoms with E-state index in [0.717, 1.165) is 23.8 Å². The van der Waals surface area contributed by atoms with E-state index < -0.39 is 17.1 Å². The number of benzene rings is 1. The highest BCUT2D eigenvalue weighted by Gasteiger charge is 2.24. The van der Waals surface area contributed by atoms with E-state index in [2.05, 4.69) is 5.10 Å². The topological polar surface area (TPSA) is 82.1 Å². The van der Waals surface area contributed by atoms with Crippen molar-refractivity contribution >= 4 is 16.9 Å². The molecule has 3 aromatic rings. The molecule has 1 fully saturated rings. The van der Waals surface area contributed by atoms with Crippen molar-refractivity contribution in [2.75, 3.05) is 13.1 Å². The van der Waals surface area contributed by atoms with Crippen LogP contribution in [0.25, 0.3) is 11.0 Å². The van der Waals surface area contributed by atoms with Gasteiger partial charge in [0, 0.05) is 19.6 Å². The van der Waals surface area contributed by atoms with Crippen LogP contribution in [0.2, 0.25) is 0 Å². The first kappa shape index (κ1) is 21.0. The average molecular weight is 427 g/mol. The Hall–Kier alpha value is -3.23. The summed E-state index contributed by atoms with van der Waals surface area (Å²) in [4.78, 5) is 41.4. The number of halogens is 1. The SMILES string of the molecule is CCn1nc(C)c2c1c(=O)n(Cc1ccc(F)cc1)c(=O)n2CC(=O)N1CCCCC1. The van der Waals surface area contributed by atoms with E-state index in [1.807, 2.05) is 6.92 Å². The number of rotatable bonds is 5. The quantitative estimate of drug-likeness (QED) is 0.623. The predicted octanol–water partition coefficient (Wildman–Crippen LogP) is 1.89. The van der Waals surface area contributed by atoms with Gasteiger partial charge in [-0.1, -0.05) is 12.1 Å². The lowest BCUT2D eigenvalue weighted by Crippen LogP contribution is -2.45. The number of fused-ring (bicyclic) bond motifs is 1. The van der Waals surface area contributed by atoms with Crippen LogP contribution in [0.4, 0.5) is 4.39 Å². The van der Waals surface area contributed by atoms with Crippen LogP contribution in [0.5, 0.6) is 0 Å². The molecule has 1 aliphatic heterocycles. The number of carbonyl (C=O) groups excluding carboxylic acids is 1. The Kier molecular flexibility index (Phi) is 5.75. The number of aromatic nitrogens is 4. The minimum atomic E-state index is -0.564. The molecule has 0 N–H and O–H groups in total. The molecule has 0 unspecified atom stereocenters. The van der Waals surface area contributed by atoms with E-state index in [-0.39, 0.29) is 19.0 Å². The van der Waals surface area contributed by atoms with E-state index in [9.17, 15) is 18.8 Å². The highest BCUT2D eigenvalue weighted by atomic mass is 19.1. The molecule has 0 atom stereocenters. The lowest BCUT2D eigenvalue weighted by atomic mass is 10.1. The Bertz CT molecular complexity index is 1230. The minimum Gasteiger partial charge on any atom is -0.341 e. The van der Waals surface area contributed by atoms with E-state index in [4.69, 9.17) is 0 Å². The van der Waals surface area contributed by atoms with Gasteiger partial charge in [-0.15, -0.1) is 0 Å². The number of likely N-dealkylation sites (tertiary alicyclic amines) is 1. The summed E-state index contributed by atoms with van der Waals surface area (Å²) in [5.74, 6) is -0.533. The van der Waals surface area contributed by atoms with Gasteiger partial charge in [0.05, 0.1) is 12.2 Å². The standard InChI is InChI=1S/C22H26FN5O3/c1-3-28-20-19(15(2)24-28)26(14-18(29)25-11-5-4-6-12-25)22(31)27(21(20)30)13-16-7-9-17(23)10-8-16/h7-10H,3-6,11-14H2,1-2H3. The van der Waals surface area contributed by atoms with Gasteiger partial charge >= 0.3 is 5.69 Å². The fourth-order valence-electron chi connectivity index (χ4n) is 4.23. The summed E-state index contributed by atoms with van der Waals surface area (Å²) in [6, 6.07) is 5.66. The molecule has 0 saturated carbocycles. The van der Waals surface area contributed by atoms with Crippen LogP contribution in [0.1, 0.15) is 37.4 Å². The maximum atomic E-state index is 13.4. The average Bonchev–Trinajstić information content (AvgIpc) is 3.12. The number of carbonyl (C=O) groups is 1. The number of hydrogen-bond donors (Lipinski definition) is 0. The van der Waals surface area contributed by atoms with Crippen LogP contribution in [0, 0.1) is 12.7 Å². The molecule has 1 amide bonds. The van der Waals surface area contributed by atoms with Crippen LogP contribution < -0.4 is 11.2 Å². The molecular formula is C22H26FN5O3. The molecule has 1 aromatic carbocycles. The molecule has 0 spiro atoms. The first-order valence-corrected chi connectivity index (χ1v) is 10.6. The van der Waals surface area contributed by atoms with Crippen molar-refractivity contribution in [3.8, 4) is 0 Å². The van der Waals surface area contributed by atoms with E-state index in [0.29, 0.717) is 41.9 Å². The zero-order chi connectivity index (χ0) is 22.1. The molecule has 4 rings (SSSR count). The molecule has 0 aliphatic carbocycles. The number of piperidine rings is 1. The summed E-state index contributed by atoms with van der Waals surface area (Å²) >= 11 is 0. The minimum absolute atomic E-state index is 0.0142. The summed E-state index contributed by atoms with van der Waals surface area (Å²) in [6.07, 6.45) is 3.00. The molecule has 0 radical (unpaired) electrons. The van der Waals surface area contributed by atoms with Crippen molar-refractivity contribution in [1.29, 1.82) is 0 Å². The molecule has 3 heterocycles. The molecule has 1 saturated heterocycles. The van der Waals surface area contributed by atoms with Crippen molar-refractivity contribution in [3.05, 3.63) is 62.2 Å². The van der Waals surface area contributed by atoms with E-state index in [1.54, 1.807) is 16.5 Å². The molecular weight excluding hydrogens is 401 g/mol. The number of hydrogen-bond acceptors (Lipinski definition) is 4. The van der Waals surface area contributed by atoms with E-state index in [1.165, 1.54) is 28.8 Å². The zero-order valence-corrected chi connectivity index (χ0v) is 17.8. The lowest BCUT2D eigenvalue weighted by molar-refractivity contribution is -0.132. The Morgan fingerprint density at radius 3 is 2.35 bits per heavy atom. The maximum absolute atomic E-state index is 13.4. The second kappa shape index (κ2) is 8.49. The second-order valence-corrected chi connectivity index (χ2v) is 7.93. The molecule has 2 aromatic heterocycles. The molecule has 9 heteroatoms. The lowest BCUT2D eigenvalue weighted by Gasteiger charge is -2.27. The normalized spacial score (nSPS) is 14.4. The van der Waals surface area contributed by atoms with Gasteiger partial charge < -0.3 is 4.90 Å². The fraction of sp³-hybridized carbons (Fsp3) is 0.455. The van der Waals surface area contributed by atoms with Crippen molar-refractivity contribution in [2.24, 2.45) is 0 Å². The van der Waals surface area contributed by atoms with Crippen LogP contribution >= 0.6 is 0 Å². The Balaban J connectivity index is 1.86. The van der Waals surface area contributed by atoms with Gasteiger partial charge in [0.15, 0.2) is 5.52 Å². The van der Waals surface area contributed by atoms with Crippen molar-refractivity contribution < 1.29 is 9.18 Å². The number of amides is 1. The van der Waals surface area contributed by atoms with Gasteiger partial charge in [-0.3, -0.25) is 23.4 Å². The fourth-order valence-corrected chi connectivity index (χ4v) is 4.23. The van der Waals surface area contributed by atoms with Gasteiger partial charge in [0.25, 0.3) is 5.56 Å². The highest BCUT2D eigenvalue weighted by molar-refractivity contribution is 5.81. The molecule has 8 nitrogen and oxygen atoms in total. The van der Waals surface area contributed by atoms with Crippen LogP contribution in [-0.2, 0) is 24.4 Å². The van der Waals surface area contributed by atoms with Crippen LogP contribution in [0.3, 0.4) is 0 Å². The van der Waals surface area contributed by atoms with Crippen molar-refractivity contribution in [1.82, 2.24) is 23.8 Å². The molecule has 31 heavy (non-hydrogen) atoms. The summed E-state index contributed by atoms with van der Waals surface area (Å²) in [5.41, 5.74) is 0.824. The van der Waals surface area contributed by atoms with Gasteiger partial charge in [0.2, 0.25) is 5.91 Å². The summed E-state index contributed by atoms with van der Waals surface area (Å²) < 4.78 is 17.3. The zero-order valence-electron chi connectivity index (χ0n) is 17.8. The largest absolute Gasteiger partial charge is 0.341 e. The maximum Gasteiger partial charge on any atom is 0.332 e. The third-order valence-corrected chi connectivity index (χ3v) is 5.83. The van der Waals surface area contributed by atoms with Gasteiger partial charge in [-0.25, -0.2) is 9.18 Å². The third kappa shape index (κ3) is 3.92. The van der Waals surface area contributed by atoms with Crippen molar-refractivity contribution in [3.63, 3.8) is 0 Å². The summed E-state index contributed by atoms with van der Waals surface area (Å²) in [6.45, 7) is 5.26. The molecule has 1 aliphatic rings. The Labute approximate surface area is 178 Å². The Morgan fingerprint density at radius 1 is 1.03 bits per heavy atom.